The van der Waals surface area contributed by atoms with Gasteiger partial charge in [0.15, 0.2) is 0 Å². The van der Waals surface area contributed by atoms with Crippen LogP contribution in [0.5, 0.6) is 5.75 Å². The minimum absolute atomic E-state index is 0.0317. The number of methoxy groups -OCH3 is 1. The predicted octanol–water partition coefficient (Wildman–Crippen LogP) is 1.07. The van der Waals surface area contributed by atoms with E-state index in [4.69, 9.17) is 10.5 Å². The molecule has 1 aliphatic heterocycles. The molecule has 0 fully saturated rings. The van der Waals surface area contributed by atoms with Crippen LogP contribution in [-0.4, -0.2) is 48.8 Å². The van der Waals surface area contributed by atoms with Crippen LogP contribution in [0.15, 0.2) is 35.9 Å². The molecule has 1 atom stereocenters. The van der Waals surface area contributed by atoms with E-state index in [0.717, 1.165) is 12.0 Å². The molecular formula is C16H22N2O3. The molecule has 3 N–H and O–H groups in total. The number of benzene rings is 1. The van der Waals surface area contributed by atoms with Crippen molar-refractivity contribution in [1.29, 1.82) is 0 Å². The SMILES string of the molecule is COCC1=CCN(C(=O)[C@H](N)Cc2ccc(O)cc2)CC1. The zero-order valence-corrected chi connectivity index (χ0v) is 12.3. The molecule has 1 aliphatic rings. The molecule has 1 aromatic rings. The number of carbonyl (C=O) groups excluding carboxylic acids is 1. The fourth-order valence-corrected chi connectivity index (χ4v) is 2.44. The van der Waals surface area contributed by atoms with E-state index >= 15 is 0 Å². The fraction of sp³-hybridized carbons (Fsp3) is 0.438. The summed E-state index contributed by atoms with van der Waals surface area (Å²) in [6.07, 6.45) is 3.36. The molecule has 114 valence electrons. The summed E-state index contributed by atoms with van der Waals surface area (Å²) in [4.78, 5) is 14.1. The highest BCUT2D eigenvalue weighted by molar-refractivity contribution is 5.82. The van der Waals surface area contributed by atoms with Crippen LogP contribution in [0, 0.1) is 0 Å². The summed E-state index contributed by atoms with van der Waals surface area (Å²) in [5.41, 5.74) is 8.19. The van der Waals surface area contributed by atoms with Crippen molar-refractivity contribution in [2.75, 3.05) is 26.8 Å². The average molecular weight is 290 g/mol. The largest absolute Gasteiger partial charge is 0.508 e. The Hall–Kier alpha value is -1.85. The van der Waals surface area contributed by atoms with Gasteiger partial charge in [-0.25, -0.2) is 0 Å². The van der Waals surface area contributed by atoms with Crippen LogP contribution in [0.3, 0.4) is 0 Å². The summed E-state index contributed by atoms with van der Waals surface area (Å²) >= 11 is 0. The predicted molar refractivity (Wildman–Crippen MR) is 80.9 cm³/mol. The van der Waals surface area contributed by atoms with Crippen LogP contribution in [0.4, 0.5) is 0 Å². The van der Waals surface area contributed by atoms with Crippen molar-refractivity contribution in [2.45, 2.75) is 18.9 Å². The second-order valence-corrected chi connectivity index (χ2v) is 5.31. The topological polar surface area (TPSA) is 75.8 Å². The molecule has 0 bridgehead atoms. The molecule has 21 heavy (non-hydrogen) atoms. The zero-order chi connectivity index (χ0) is 15.2. The number of amides is 1. The summed E-state index contributed by atoms with van der Waals surface area (Å²) < 4.78 is 5.10. The molecule has 0 spiro atoms. The lowest BCUT2D eigenvalue weighted by Gasteiger charge is -2.28. The van der Waals surface area contributed by atoms with E-state index in [1.807, 2.05) is 6.08 Å². The molecule has 0 radical (unpaired) electrons. The molecular weight excluding hydrogens is 268 g/mol. The Morgan fingerprint density at radius 1 is 1.43 bits per heavy atom. The maximum atomic E-state index is 12.3. The van der Waals surface area contributed by atoms with Crippen molar-refractivity contribution in [2.24, 2.45) is 5.73 Å². The third kappa shape index (κ3) is 4.31. The van der Waals surface area contributed by atoms with Crippen molar-refractivity contribution >= 4 is 5.91 Å². The number of ether oxygens (including phenoxy) is 1. The smallest absolute Gasteiger partial charge is 0.240 e. The Bertz CT molecular complexity index is 511. The van der Waals surface area contributed by atoms with Gasteiger partial charge in [-0.2, -0.15) is 0 Å². The molecule has 2 rings (SSSR count). The Balaban J connectivity index is 1.89. The van der Waals surface area contributed by atoms with Crippen molar-refractivity contribution in [3.63, 3.8) is 0 Å². The van der Waals surface area contributed by atoms with Gasteiger partial charge in [-0.1, -0.05) is 18.2 Å². The molecule has 1 heterocycles. The molecule has 0 aliphatic carbocycles. The highest BCUT2D eigenvalue weighted by Gasteiger charge is 2.22. The molecule has 5 nitrogen and oxygen atoms in total. The first-order valence-corrected chi connectivity index (χ1v) is 7.09. The van der Waals surface area contributed by atoms with Crippen LogP contribution >= 0.6 is 0 Å². The summed E-state index contributed by atoms with van der Waals surface area (Å²) in [6.45, 7) is 1.92. The lowest BCUT2D eigenvalue weighted by atomic mass is 10.0. The zero-order valence-electron chi connectivity index (χ0n) is 12.3. The van der Waals surface area contributed by atoms with E-state index in [2.05, 4.69) is 0 Å². The highest BCUT2D eigenvalue weighted by atomic mass is 16.5. The second kappa shape index (κ2) is 7.24. The first kappa shape index (κ1) is 15.5. The van der Waals surface area contributed by atoms with E-state index in [1.165, 1.54) is 5.57 Å². The van der Waals surface area contributed by atoms with E-state index in [-0.39, 0.29) is 11.7 Å². The Morgan fingerprint density at radius 3 is 2.71 bits per heavy atom. The first-order valence-electron chi connectivity index (χ1n) is 7.09. The summed E-state index contributed by atoms with van der Waals surface area (Å²) in [6, 6.07) is 6.23. The molecule has 0 aromatic heterocycles. The van der Waals surface area contributed by atoms with E-state index in [1.54, 1.807) is 36.3 Å². The summed E-state index contributed by atoms with van der Waals surface area (Å²) in [5, 5.41) is 9.25. The van der Waals surface area contributed by atoms with Gasteiger partial charge < -0.3 is 20.5 Å². The summed E-state index contributed by atoms with van der Waals surface area (Å²) in [5.74, 6) is 0.182. The van der Waals surface area contributed by atoms with Gasteiger partial charge in [-0.05, 0) is 36.1 Å². The second-order valence-electron chi connectivity index (χ2n) is 5.31. The van der Waals surface area contributed by atoms with Gasteiger partial charge in [0.05, 0.1) is 12.6 Å². The van der Waals surface area contributed by atoms with Gasteiger partial charge in [0, 0.05) is 20.2 Å². The molecule has 1 aromatic carbocycles. The first-order chi connectivity index (χ1) is 10.1. The van der Waals surface area contributed by atoms with Crippen molar-refractivity contribution in [3.8, 4) is 5.75 Å². The van der Waals surface area contributed by atoms with Gasteiger partial charge in [0.25, 0.3) is 0 Å². The molecule has 5 heteroatoms. The van der Waals surface area contributed by atoms with Crippen LogP contribution < -0.4 is 5.73 Å². The van der Waals surface area contributed by atoms with Crippen molar-refractivity contribution in [1.82, 2.24) is 4.90 Å². The third-order valence-corrected chi connectivity index (χ3v) is 3.65. The van der Waals surface area contributed by atoms with Crippen LogP contribution in [0.1, 0.15) is 12.0 Å². The van der Waals surface area contributed by atoms with Crippen LogP contribution in [-0.2, 0) is 16.0 Å². The Kier molecular flexibility index (Phi) is 5.36. The lowest BCUT2D eigenvalue weighted by Crippen LogP contribution is -2.46. The minimum Gasteiger partial charge on any atom is -0.508 e. The number of rotatable bonds is 5. The quantitative estimate of drug-likeness (QED) is 0.795. The van der Waals surface area contributed by atoms with Gasteiger partial charge in [-0.3, -0.25) is 4.79 Å². The molecule has 0 unspecified atom stereocenters. The molecule has 0 saturated heterocycles. The maximum Gasteiger partial charge on any atom is 0.240 e. The summed E-state index contributed by atoms with van der Waals surface area (Å²) in [7, 11) is 1.67. The van der Waals surface area contributed by atoms with E-state index in [9.17, 15) is 9.90 Å². The third-order valence-electron chi connectivity index (χ3n) is 3.65. The molecule has 1 amide bonds. The number of hydrogen-bond acceptors (Lipinski definition) is 4. The normalized spacial score (nSPS) is 16.5. The number of phenols is 1. The van der Waals surface area contributed by atoms with Gasteiger partial charge in [0.2, 0.25) is 5.91 Å². The average Bonchev–Trinajstić information content (AvgIpc) is 2.50. The maximum absolute atomic E-state index is 12.3. The fourth-order valence-electron chi connectivity index (χ4n) is 2.44. The monoisotopic (exact) mass is 290 g/mol. The number of nitrogens with zero attached hydrogens (tertiary/aromatic N) is 1. The number of carbonyl (C=O) groups is 1. The Labute approximate surface area is 125 Å². The van der Waals surface area contributed by atoms with Crippen molar-refractivity contribution in [3.05, 3.63) is 41.5 Å². The standard InChI is InChI=1S/C16H22N2O3/c1-21-11-13-6-8-18(9-7-13)16(20)15(17)10-12-2-4-14(19)5-3-12/h2-6,15,19H,7-11,17H2,1H3/t15-/m1/s1. The minimum atomic E-state index is -0.549. The number of nitrogens with two attached hydrogens (primary N) is 1. The number of aromatic hydroxyl groups is 1. The van der Waals surface area contributed by atoms with E-state index < -0.39 is 6.04 Å². The Morgan fingerprint density at radius 2 is 2.14 bits per heavy atom. The van der Waals surface area contributed by atoms with Crippen LogP contribution in [0.25, 0.3) is 0 Å². The van der Waals surface area contributed by atoms with E-state index in [0.29, 0.717) is 26.1 Å². The van der Waals surface area contributed by atoms with Crippen molar-refractivity contribution < 1.29 is 14.6 Å². The van der Waals surface area contributed by atoms with Gasteiger partial charge in [0.1, 0.15) is 5.75 Å². The lowest BCUT2D eigenvalue weighted by molar-refractivity contribution is -0.132. The van der Waals surface area contributed by atoms with Gasteiger partial charge in [-0.15, -0.1) is 0 Å². The highest BCUT2D eigenvalue weighted by Crippen LogP contribution is 2.14. The number of hydrogen-bond donors (Lipinski definition) is 2. The number of phenolic OH excluding ortho intramolecular Hbond substituents is 1. The van der Waals surface area contributed by atoms with Crippen LogP contribution in [0.2, 0.25) is 0 Å². The van der Waals surface area contributed by atoms with Gasteiger partial charge >= 0.3 is 0 Å². The molecule has 0 saturated carbocycles.